The highest BCUT2D eigenvalue weighted by molar-refractivity contribution is 6.67. The largest absolute Gasteiger partial charge is 0.417 e. The fourth-order valence-electron chi connectivity index (χ4n) is 1.70. The van der Waals surface area contributed by atoms with Gasteiger partial charge in [0.2, 0.25) is 0 Å². The summed E-state index contributed by atoms with van der Waals surface area (Å²) in [5, 5.41) is -0.882. The van der Waals surface area contributed by atoms with Crippen LogP contribution in [0.5, 0.6) is 0 Å². The number of rotatable bonds is 4. The zero-order valence-corrected chi connectivity index (χ0v) is 11.4. The van der Waals surface area contributed by atoms with Crippen molar-refractivity contribution in [2.24, 2.45) is 0 Å². The lowest BCUT2D eigenvalue weighted by Crippen LogP contribution is -2.10. The summed E-state index contributed by atoms with van der Waals surface area (Å²) in [4.78, 5) is 11.1. The van der Waals surface area contributed by atoms with Crippen molar-refractivity contribution in [3.8, 4) is 0 Å². The van der Waals surface area contributed by atoms with Crippen LogP contribution in [0.3, 0.4) is 0 Å². The molecule has 0 fully saturated rings. The average molecular weight is 291 g/mol. The number of allylic oxidation sites excluding steroid dienone is 1. The first kappa shape index (κ1) is 15.8. The van der Waals surface area contributed by atoms with Gasteiger partial charge in [-0.3, -0.25) is 4.79 Å². The van der Waals surface area contributed by atoms with E-state index in [1.807, 2.05) is 6.92 Å². The van der Waals surface area contributed by atoms with Gasteiger partial charge in [0.25, 0.3) is 5.24 Å². The fraction of sp³-hybridized carbons (Fsp3) is 0.357. The first-order valence-corrected chi connectivity index (χ1v) is 6.23. The molecule has 0 aromatic heterocycles. The molecule has 1 aromatic rings. The summed E-state index contributed by atoms with van der Waals surface area (Å²) in [6, 6.07) is 2.15. The summed E-state index contributed by atoms with van der Waals surface area (Å²) < 4.78 is 38.8. The van der Waals surface area contributed by atoms with Gasteiger partial charge in [-0.2, -0.15) is 13.2 Å². The third kappa shape index (κ3) is 4.10. The highest BCUT2D eigenvalue weighted by atomic mass is 35.5. The molecule has 1 aromatic carbocycles. The van der Waals surface area contributed by atoms with Crippen molar-refractivity contribution >= 4 is 22.9 Å². The van der Waals surface area contributed by atoms with Crippen LogP contribution < -0.4 is 0 Å². The molecule has 0 atom stereocenters. The Balaban J connectivity index is 3.37. The highest BCUT2D eigenvalue weighted by Crippen LogP contribution is 2.34. The number of halogens is 4. The Bertz CT molecular complexity index is 504. The SMILES string of the molecule is CCCC=Cc1cc(C)c(C(=O)Cl)cc1C(F)(F)F. The van der Waals surface area contributed by atoms with Crippen molar-refractivity contribution in [3.05, 3.63) is 40.5 Å². The summed E-state index contributed by atoms with van der Waals surface area (Å²) in [5.74, 6) is 0. The summed E-state index contributed by atoms with van der Waals surface area (Å²) in [6.45, 7) is 3.50. The molecule has 0 aliphatic carbocycles. The molecule has 0 aliphatic heterocycles. The molecule has 0 amide bonds. The van der Waals surface area contributed by atoms with Gasteiger partial charge >= 0.3 is 6.18 Å². The lowest BCUT2D eigenvalue weighted by molar-refractivity contribution is -0.137. The van der Waals surface area contributed by atoms with Crippen molar-refractivity contribution < 1.29 is 18.0 Å². The zero-order chi connectivity index (χ0) is 14.6. The number of carbonyl (C=O) groups is 1. The summed E-state index contributed by atoms with van der Waals surface area (Å²) in [5.41, 5.74) is -0.458. The van der Waals surface area contributed by atoms with E-state index in [2.05, 4.69) is 0 Å². The van der Waals surface area contributed by atoms with Crippen LogP contribution in [0.25, 0.3) is 6.08 Å². The molecule has 0 spiro atoms. The predicted molar refractivity (Wildman–Crippen MR) is 70.3 cm³/mol. The van der Waals surface area contributed by atoms with Gasteiger partial charge in [-0.05, 0) is 42.1 Å². The first-order chi connectivity index (χ1) is 8.77. The lowest BCUT2D eigenvalue weighted by Gasteiger charge is -2.13. The highest BCUT2D eigenvalue weighted by Gasteiger charge is 2.33. The first-order valence-electron chi connectivity index (χ1n) is 5.85. The van der Waals surface area contributed by atoms with E-state index in [1.54, 1.807) is 13.0 Å². The number of carbonyl (C=O) groups excluding carboxylic acids is 1. The number of alkyl halides is 3. The van der Waals surface area contributed by atoms with E-state index in [0.29, 0.717) is 12.0 Å². The quantitative estimate of drug-likeness (QED) is 0.696. The second-order valence-electron chi connectivity index (χ2n) is 4.22. The minimum atomic E-state index is -4.51. The Kier molecular flexibility index (Phi) is 5.18. The van der Waals surface area contributed by atoms with Crippen molar-refractivity contribution in [2.45, 2.75) is 32.9 Å². The summed E-state index contributed by atoms with van der Waals surface area (Å²) in [6.07, 6.45) is 0.163. The van der Waals surface area contributed by atoms with E-state index in [1.165, 1.54) is 12.1 Å². The fourth-order valence-corrected chi connectivity index (χ4v) is 1.91. The van der Waals surface area contributed by atoms with Crippen molar-refractivity contribution in [2.75, 3.05) is 0 Å². The van der Waals surface area contributed by atoms with Gasteiger partial charge in [0.05, 0.1) is 5.56 Å². The Hall–Kier alpha value is -1.29. The van der Waals surface area contributed by atoms with E-state index < -0.39 is 17.0 Å². The van der Waals surface area contributed by atoms with Crippen LogP contribution in [-0.4, -0.2) is 5.24 Å². The van der Waals surface area contributed by atoms with E-state index in [-0.39, 0.29) is 11.1 Å². The molecule has 0 N–H and O–H groups in total. The summed E-state index contributed by atoms with van der Waals surface area (Å²) >= 11 is 5.29. The number of unbranched alkanes of at least 4 members (excludes halogenated alkanes) is 1. The molecular formula is C14H14ClF3O. The van der Waals surface area contributed by atoms with Gasteiger partial charge in [-0.25, -0.2) is 0 Å². The average Bonchev–Trinajstić information content (AvgIpc) is 2.27. The molecule has 0 bridgehead atoms. The molecule has 1 nitrogen and oxygen atoms in total. The zero-order valence-electron chi connectivity index (χ0n) is 10.6. The van der Waals surface area contributed by atoms with Gasteiger partial charge in [-0.1, -0.05) is 31.6 Å². The minimum absolute atomic E-state index is 0.0557. The van der Waals surface area contributed by atoms with E-state index in [9.17, 15) is 18.0 Å². The van der Waals surface area contributed by atoms with Gasteiger partial charge in [-0.15, -0.1) is 0 Å². The van der Waals surface area contributed by atoms with Crippen molar-refractivity contribution in [1.29, 1.82) is 0 Å². The molecule has 0 aliphatic rings. The lowest BCUT2D eigenvalue weighted by atomic mass is 9.98. The normalized spacial score (nSPS) is 12.1. The third-order valence-corrected chi connectivity index (χ3v) is 2.87. The molecule has 1 rings (SSSR count). The second kappa shape index (κ2) is 6.24. The Labute approximate surface area is 115 Å². The Morgan fingerprint density at radius 2 is 2.00 bits per heavy atom. The molecule has 5 heteroatoms. The van der Waals surface area contributed by atoms with Crippen LogP contribution in [0.1, 0.15) is 46.8 Å². The van der Waals surface area contributed by atoms with Crippen LogP contribution in [0.2, 0.25) is 0 Å². The maximum atomic E-state index is 12.9. The van der Waals surface area contributed by atoms with E-state index in [4.69, 9.17) is 11.6 Å². The van der Waals surface area contributed by atoms with Gasteiger partial charge in [0.1, 0.15) is 0 Å². The molecule has 0 saturated carbocycles. The van der Waals surface area contributed by atoms with Crippen LogP contribution in [0, 0.1) is 6.92 Å². The monoisotopic (exact) mass is 290 g/mol. The number of hydrogen-bond acceptors (Lipinski definition) is 1. The van der Waals surface area contributed by atoms with E-state index >= 15 is 0 Å². The molecule has 0 radical (unpaired) electrons. The third-order valence-electron chi connectivity index (χ3n) is 2.67. The second-order valence-corrected chi connectivity index (χ2v) is 4.56. The maximum absolute atomic E-state index is 12.9. The standard InChI is InChI=1S/C14H14ClF3O/c1-3-4-5-6-10-7-9(2)11(13(15)19)8-12(10)14(16,17)18/h5-8H,3-4H2,1-2H3. The minimum Gasteiger partial charge on any atom is -0.276 e. The molecule has 104 valence electrons. The number of aryl methyl sites for hydroxylation is 1. The van der Waals surface area contributed by atoms with Crippen LogP contribution in [0.4, 0.5) is 13.2 Å². The predicted octanol–water partition coefficient (Wildman–Crippen LogP) is 5.21. The summed E-state index contributed by atoms with van der Waals surface area (Å²) in [7, 11) is 0. The van der Waals surface area contributed by atoms with Crippen molar-refractivity contribution in [1.82, 2.24) is 0 Å². The Morgan fingerprint density at radius 3 is 2.47 bits per heavy atom. The van der Waals surface area contributed by atoms with Gasteiger partial charge < -0.3 is 0 Å². The number of hydrogen-bond donors (Lipinski definition) is 0. The van der Waals surface area contributed by atoms with Crippen LogP contribution in [0.15, 0.2) is 18.2 Å². The maximum Gasteiger partial charge on any atom is 0.417 e. The van der Waals surface area contributed by atoms with Gasteiger partial charge in [0, 0.05) is 5.56 Å². The van der Waals surface area contributed by atoms with Crippen LogP contribution in [-0.2, 0) is 6.18 Å². The molecule has 0 heterocycles. The van der Waals surface area contributed by atoms with Crippen LogP contribution >= 0.6 is 11.6 Å². The van der Waals surface area contributed by atoms with Gasteiger partial charge in [0.15, 0.2) is 0 Å². The Morgan fingerprint density at radius 1 is 1.37 bits per heavy atom. The van der Waals surface area contributed by atoms with E-state index in [0.717, 1.165) is 12.5 Å². The molecular weight excluding hydrogens is 277 g/mol. The number of benzene rings is 1. The van der Waals surface area contributed by atoms with Crippen molar-refractivity contribution in [3.63, 3.8) is 0 Å². The molecule has 0 saturated heterocycles. The molecule has 0 unspecified atom stereocenters. The smallest absolute Gasteiger partial charge is 0.276 e. The topological polar surface area (TPSA) is 17.1 Å². The molecule has 19 heavy (non-hydrogen) atoms.